The van der Waals surface area contributed by atoms with Gasteiger partial charge in [-0.25, -0.2) is 0 Å². The van der Waals surface area contributed by atoms with Crippen molar-refractivity contribution < 1.29 is 14.3 Å². The first-order chi connectivity index (χ1) is 13.2. The highest BCUT2D eigenvalue weighted by atomic mass is 16.7. The van der Waals surface area contributed by atoms with Gasteiger partial charge in [0.15, 0.2) is 6.29 Å². The Labute approximate surface area is 160 Å². The Bertz CT molecular complexity index is 826. The van der Waals surface area contributed by atoms with Gasteiger partial charge in [0.25, 0.3) is 0 Å². The number of fused-ring (bicyclic) bond motifs is 3. The molecule has 0 radical (unpaired) electrons. The molecule has 4 rings (SSSR count). The van der Waals surface area contributed by atoms with Gasteiger partial charge in [0.2, 0.25) is 5.91 Å². The highest BCUT2D eigenvalue weighted by molar-refractivity contribution is 5.96. The lowest BCUT2D eigenvalue weighted by molar-refractivity contribution is -0.121. The predicted molar refractivity (Wildman–Crippen MR) is 106 cm³/mol. The molecule has 2 aromatic carbocycles. The van der Waals surface area contributed by atoms with Crippen LogP contribution in [0.2, 0.25) is 0 Å². The van der Waals surface area contributed by atoms with Gasteiger partial charge in [-0.15, -0.1) is 0 Å². The number of benzene rings is 2. The van der Waals surface area contributed by atoms with Gasteiger partial charge < -0.3 is 14.8 Å². The number of ether oxygens (including phenoxy) is 2. The first-order valence-electron chi connectivity index (χ1n) is 9.98. The van der Waals surface area contributed by atoms with E-state index in [4.69, 9.17) is 9.47 Å². The molecule has 0 spiro atoms. The van der Waals surface area contributed by atoms with Crippen LogP contribution in [0.3, 0.4) is 0 Å². The Morgan fingerprint density at radius 1 is 1.07 bits per heavy atom. The molecule has 2 aliphatic rings. The molecule has 142 valence electrons. The zero-order chi connectivity index (χ0) is 18.8. The second-order valence-corrected chi connectivity index (χ2v) is 7.28. The molecule has 1 saturated heterocycles. The Balaban J connectivity index is 1.73. The summed E-state index contributed by atoms with van der Waals surface area (Å²) in [5, 5.41) is 3.07. The fourth-order valence-electron chi connectivity index (χ4n) is 4.28. The molecule has 1 heterocycles. The minimum absolute atomic E-state index is 0.0882. The van der Waals surface area contributed by atoms with E-state index in [1.165, 1.54) is 5.56 Å². The van der Waals surface area contributed by atoms with E-state index >= 15 is 0 Å². The third-order valence-corrected chi connectivity index (χ3v) is 5.61. The van der Waals surface area contributed by atoms with Gasteiger partial charge in [0.1, 0.15) is 0 Å². The number of hydrogen-bond donors (Lipinski definition) is 1. The van der Waals surface area contributed by atoms with Crippen LogP contribution in [-0.2, 0) is 14.3 Å². The summed E-state index contributed by atoms with van der Waals surface area (Å²) in [6.45, 7) is 6.27. The minimum atomic E-state index is -0.226. The van der Waals surface area contributed by atoms with Gasteiger partial charge in [-0.1, -0.05) is 56.3 Å². The van der Waals surface area contributed by atoms with Gasteiger partial charge in [0, 0.05) is 12.5 Å². The minimum Gasteiger partial charge on any atom is -0.355 e. The van der Waals surface area contributed by atoms with E-state index in [0.717, 1.165) is 35.1 Å². The molecule has 1 aliphatic carbocycles. The van der Waals surface area contributed by atoms with Crippen LogP contribution in [-0.4, -0.2) is 32.0 Å². The number of hydrogen-bond acceptors (Lipinski definition) is 3. The Morgan fingerprint density at radius 2 is 1.81 bits per heavy atom. The van der Waals surface area contributed by atoms with Crippen LogP contribution in [0.25, 0.3) is 11.1 Å². The second-order valence-electron chi connectivity index (χ2n) is 7.28. The van der Waals surface area contributed by atoms with Crippen molar-refractivity contribution in [3.05, 3.63) is 59.2 Å². The van der Waals surface area contributed by atoms with Crippen LogP contribution in [0.5, 0.6) is 0 Å². The summed E-state index contributed by atoms with van der Waals surface area (Å²) in [6.07, 6.45) is 1.71. The summed E-state index contributed by atoms with van der Waals surface area (Å²) in [7, 11) is 0. The predicted octanol–water partition coefficient (Wildman–Crippen LogP) is 4.19. The molecule has 1 aliphatic heterocycles. The first-order valence-corrected chi connectivity index (χ1v) is 9.98. The standard InChI is InChI=1S/C23H27NO3/c1-3-11-24-22(25)21-18-8-6-5-7-17(18)20-14-15(9-10-19(20)21)16(4-2)23-26-12-13-27-23/h5-10,14,16,21,23H,3-4,11-13H2,1-2H3,(H,24,25). The van der Waals surface area contributed by atoms with Crippen molar-refractivity contribution in [2.45, 2.75) is 44.8 Å². The average Bonchev–Trinajstić information content (AvgIpc) is 3.33. The van der Waals surface area contributed by atoms with E-state index in [1.807, 2.05) is 12.1 Å². The maximum Gasteiger partial charge on any atom is 0.232 e. The van der Waals surface area contributed by atoms with Crippen LogP contribution < -0.4 is 5.32 Å². The van der Waals surface area contributed by atoms with Crippen molar-refractivity contribution >= 4 is 5.91 Å². The van der Waals surface area contributed by atoms with Crippen molar-refractivity contribution in [1.29, 1.82) is 0 Å². The van der Waals surface area contributed by atoms with Crippen molar-refractivity contribution in [2.24, 2.45) is 0 Å². The van der Waals surface area contributed by atoms with Crippen LogP contribution >= 0.6 is 0 Å². The average molecular weight is 365 g/mol. The highest BCUT2D eigenvalue weighted by Crippen LogP contribution is 2.46. The zero-order valence-electron chi connectivity index (χ0n) is 16.0. The molecule has 2 atom stereocenters. The number of amides is 1. The number of rotatable bonds is 6. The molecule has 1 N–H and O–H groups in total. The molecular weight excluding hydrogens is 338 g/mol. The number of nitrogens with one attached hydrogen (secondary N) is 1. The van der Waals surface area contributed by atoms with E-state index in [2.05, 4.69) is 49.5 Å². The third kappa shape index (κ3) is 3.28. The summed E-state index contributed by atoms with van der Waals surface area (Å²) in [5.74, 6) is 0.0686. The molecule has 4 heteroatoms. The van der Waals surface area contributed by atoms with Crippen molar-refractivity contribution in [1.82, 2.24) is 5.32 Å². The molecule has 0 bridgehead atoms. The fraction of sp³-hybridized carbons (Fsp3) is 0.435. The summed E-state index contributed by atoms with van der Waals surface area (Å²) >= 11 is 0. The molecule has 1 amide bonds. The molecule has 4 nitrogen and oxygen atoms in total. The molecule has 1 fully saturated rings. The Morgan fingerprint density at radius 3 is 2.56 bits per heavy atom. The van der Waals surface area contributed by atoms with Crippen LogP contribution in [0.15, 0.2) is 42.5 Å². The lowest BCUT2D eigenvalue weighted by atomic mass is 9.90. The highest BCUT2D eigenvalue weighted by Gasteiger charge is 2.35. The maximum absolute atomic E-state index is 12.9. The van der Waals surface area contributed by atoms with Crippen molar-refractivity contribution in [3.8, 4) is 11.1 Å². The van der Waals surface area contributed by atoms with Crippen LogP contribution in [0, 0.1) is 0 Å². The molecular formula is C23H27NO3. The summed E-state index contributed by atoms with van der Waals surface area (Å²) in [5.41, 5.74) is 5.73. The van der Waals surface area contributed by atoms with Crippen molar-refractivity contribution in [2.75, 3.05) is 19.8 Å². The quantitative estimate of drug-likeness (QED) is 0.835. The van der Waals surface area contributed by atoms with E-state index in [-0.39, 0.29) is 24.0 Å². The Hall–Kier alpha value is -2.17. The van der Waals surface area contributed by atoms with Crippen LogP contribution in [0.4, 0.5) is 0 Å². The fourth-order valence-corrected chi connectivity index (χ4v) is 4.28. The van der Waals surface area contributed by atoms with Gasteiger partial charge in [-0.05, 0) is 40.7 Å². The smallest absolute Gasteiger partial charge is 0.232 e. The molecule has 2 unspecified atom stereocenters. The summed E-state index contributed by atoms with van der Waals surface area (Å²) < 4.78 is 11.5. The summed E-state index contributed by atoms with van der Waals surface area (Å²) in [6, 6.07) is 14.8. The molecule has 0 saturated carbocycles. The van der Waals surface area contributed by atoms with E-state index in [0.29, 0.717) is 19.8 Å². The van der Waals surface area contributed by atoms with E-state index in [1.54, 1.807) is 0 Å². The lowest BCUT2D eigenvalue weighted by Crippen LogP contribution is -2.29. The molecule has 0 aromatic heterocycles. The van der Waals surface area contributed by atoms with Gasteiger partial charge in [-0.3, -0.25) is 4.79 Å². The SMILES string of the molecule is CCCNC(=O)C1c2ccccc2-c2cc(C(CC)C3OCCO3)ccc21. The van der Waals surface area contributed by atoms with Gasteiger partial charge >= 0.3 is 0 Å². The number of carbonyl (C=O) groups excluding carboxylic acids is 1. The van der Waals surface area contributed by atoms with Gasteiger partial charge in [0.05, 0.1) is 19.1 Å². The molecule has 27 heavy (non-hydrogen) atoms. The number of carbonyl (C=O) groups is 1. The third-order valence-electron chi connectivity index (χ3n) is 5.61. The summed E-state index contributed by atoms with van der Waals surface area (Å²) in [4.78, 5) is 12.9. The van der Waals surface area contributed by atoms with Crippen LogP contribution in [0.1, 0.15) is 55.2 Å². The van der Waals surface area contributed by atoms with E-state index in [9.17, 15) is 4.79 Å². The largest absolute Gasteiger partial charge is 0.355 e. The first kappa shape index (κ1) is 18.2. The monoisotopic (exact) mass is 365 g/mol. The topological polar surface area (TPSA) is 47.6 Å². The van der Waals surface area contributed by atoms with Gasteiger partial charge in [-0.2, -0.15) is 0 Å². The lowest BCUT2D eigenvalue weighted by Gasteiger charge is -2.22. The van der Waals surface area contributed by atoms with E-state index < -0.39 is 0 Å². The Kier molecular flexibility index (Phi) is 5.28. The van der Waals surface area contributed by atoms with Crippen molar-refractivity contribution in [3.63, 3.8) is 0 Å². The zero-order valence-corrected chi connectivity index (χ0v) is 16.0. The maximum atomic E-state index is 12.9. The normalized spacial score (nSPS) is 19.6. The molecule has 2 aromatic rings. The second kappa shape index (κ2) is 7.83.